The zero-order valence-corrected chi connectivity index (χ0v) is 17.2. The van der Waals surface area contributed by atoms with Gasteiger partial charge >= 0.3 is 0 Å². The number of thiophene rings is 1. The smallest absolute Gasteiger partial charge is 0.263 e. The molecule has 0 bridgehead atoms. The summed E-state index contributed by atoms with van der Waals surface area (Å²) in [6.07, 6.45) is 4.20. The molecule has 0 N–H and O–H groups in total. The molecule has 1 saturated carbocycles. The third kappa shape index (κ3) is 4.30. The highest BCUT2D eigenvalue weighted by Crippen LogP contribution is 2.36. The Balaban J connectivity index is 1.48. The molecule has 0 spiro atoms. The van der Waals surface area contributed by atoms with Crippen molar-refractivity contribution in [3.8, 4) is 0 Å². The zero-order valence-electron chi connectivity index (χ0n) is 16.4. The van der Waals surface area contributed by atoms with Crippen molar-refractivity contribution in [2.24, 2.45) is 11.8 Å². The van der Waals surface area contributed by atoms with Gasteiger partial charge in [0, 0.05) is 25.7 Å². The first-order valence-electron chi connectivity index (χ1n) is 10.3. The van der Waals surface area contributed by atoms with Crippen LogP contribution in [0.2, 0.25) is 0 Å². The number of carbonyl (C=O) groups excluding carboxylic acids is 2. The van der Waals surface area contributed by atoms with Crippen molar-refractivity contribution in [3.63, 3.8) is 0 Å². The molecule has 0 radical (unpaired) electrons. The fraction of sp³-hybridized carbons (Fsp3) is 0.478. The first-order valence-corrected chi connectivity index (χ1v) is 11.2. The van der Waals surface area contributed by atoms with Crippen molar-refractivity contribution in [2.75, 3.05) is 13.1 Å². The molecular formula is C23H28N2O2S. The zero-order chi connectivity index (χ0) is 19.5. The summed E-state index contributed by atoms with van der Waals surface area (Å²) in [5.74, 6) is 0.812. The SMILES string of the molecule is C[C@H](C1CC1)N(Cc1ccccc1)C(=O)[C@H]1CCCN(C(=O)c2cccs2)C1. The number of hydrogen-bond donors (Lipinski definition) is 0. The Labute approximate surface area is 171 Å². The third-order valence-electron chi connectivity index (χ3n) is 6.06. The molecule has 2 heterocycles. The summed E-state index contributed by atoms with van der Waals surface area (Å²) in [5.41, 5.74) is 1.17. The lowest BCUT2D eigenvalue weighted by Crippen LogP contribution is -2.49. The molecule has 1 saturated heterocycles. The normalized spacial score (nSPS) is 20.6. The molecule has 148 valence electrons. The topological polar surface area (TPSA) is 40.6 Å². The van der Waals surface area contributed by atoms with Crippen LogP contribution in [0.4, 0.5) is 0 Å². The Bertz CT molecular complexity index is 801. The Hall–Kier alpha value is -2.14. The molecule has 1 aliphatic heterocycles. The fourth-order valence-corrected chi connectivity index (χ4v) is 4.88. The fourth-order valence-electron chi connectivity index (χ4n) is 4.19. The molecule has 4 rings (SSSR count). The summed E-state index contributed by atoms with van der Waals surface area (Å²) in [5, 5.41) is 1.93. The average Bonchev–Trinajstić information content (AvgIpc) is 3.45. The highest BCUT2D eigenvalue weighted by Gasteiger charge is 2.38. The van der Waals surface area contributed by atoms with Gasteiger partial charge in [0.05, 0.1) is 10.8 Å². The van der Waals surface area contributed by atoms with Gasteiger partial charge in [-0.3, -0.25) is 9.59 Å². The van der Waals surface area contributed by atoms with Crippen molar-refractivity contribution in [1.82, 2.24) is 9.80 Å². The van der Waals surface area contributed by atoms with E-state index in [1.54, 1.807) is 0 Å². The number of piperidine rings is 1. The lowest BCUT2D eigenvalue weighted by atomic mass is 9.95. The van der Waals surface area contributed by atoms with Crippen LogP contribution in [-0.4, -0.2) is 40.7 Å². The number of nitrogens with zero attached hydrogens (tertiary/aromatic N) is 2. The minimum Gasteiger partial charge on any atom is -0.337 e. The maximum atomic E-state index is 13.5. The Morgan fingerprint density at radius 3 is 2.61 bits per heavy atom. The predicted octanol–water partition coefficient (Wildman–Crippen LogP) is 4.43. The van der Waals surface area contributed by atoms with Gasteiger partial charge in [-0.05, 0) is 55.5 Å². The van der Waals surface area contributed by atoms with E-state index in [0.29, 0.717) is 19.0 Å². The van der Waals surface area contributed by atoms with Crippen LogP contribution >= 0.6 is 11.3 Å². The summed E-state index contributed by atoms with van der Waals surface area (Å²) in [4.78, 5) is 31.0. The van der Waals surface area contributed by atoms with Gasteiger partial charge in [0.1, 0.15) is 0 Å². The first-order chi connectivity index (χ1) is 13.6. The van der Waals surface area contributed by atoms with Crippen LogP contribution in [0.1, 0.15) is 47.8 Å². The molecule has 1 aromatic heterocycles. The summed E-state index contributed by atoms with van der Waals surface area (Å²) >= 11 is 1.47. The van der Waals surface area contributed by atoms with Crippen molar-refractivity contribution >= 4 is 23.2 Å². The van der Waals surface area contributed by atoms with E-state index < -0.39 is 0 Å². The van der Waals surface area contributed by atoms with E-state index in [1.165, 1.54) is 29.7 Å². The number of hydrogen-bond acceptors (Lipinski definition) is 3. The van der Waals surface area contributed by atoms with E-state index >= 15 is 0 Å². The van der Waals surface area contributed by atoms with E-state index in [4.69, 9.17) is 0 Å². The quantitative estimate of drug-likeness (QED) is 0.725. The number of benzene rings is 1. The number of likely N-dealkylation sites (tertiary alicyclic amines) is 1. The van der Waals surface area contributed by atoms with Crippen molar-refractivity contribution in [1.29, 1.82) is 0 Å². The number of rotatable bonds is 6. The average molecular weight is 397 g/mol. The third-order valence-corrected chi connectivity index (χ3v) is 6.92. The van der Waals surface area contributed by atoms with Crippen LogP contribution < -0.4 is 0 Å². The maximum absolute atomic E-state index is 13.5. The minimum atomic E-state index is -0.0948. The van der Waals surface area contributed by atoms with Gasteiger partial charge in [-0.15, -0.1) is 11.3 Å². The second-order valence-corrected chi connectivity index (χ2v) is 9.05. The number of amides is 2. The molecule has 1 aliphatic carbocycles. The van der Waals surface area contributed by atoms with Crippen LogP contribution in [-0.2, 0) is 11.3 Å². The standard InChI is InChI=1S/C23H28N2O2S/c1-17(19-11-12-19)25(15-18-7-3-2-4-8-18)22(26)20-9-5-13-24(16-20)23(27)21-10-6-14-28-21/h2-4,6-8,10,14,17,19-20H,5,9,11-13,15-16H2,1H3/t17-,20+/m1/s1. The molecule has 28 heavy (non-hydrogen) atoms. The second-order valence-electron chi connectivity index (χ2n) is 8.10. The first kappa shape index (κ1) is 19.2. The number of carbonyl (C=O) groups is 2. The van der Waals surface area contributed by atoms with Crippen LogP contribution in [0.15, 0.2) is 47.8 Å². The highest BCUT2D eigenvalue weighted by molar-refractivity contribution is 7.12. The second kappa shape index (κ2) is 8.48. The molecule has 2 aliphatic rings. The summed E-state index contributed by atoms with van der Waals surface area (Å²) < 4.78 is 0. The lowest BCUT2D eigenvalue weighted by molar-refractivity contribution is -0.140. The molecule has 2 fully saturated rings. The van der Waals surface area contributed by atoms with Crippen molar-refractivity contribution in [3.05, 3.63) is 58.3 Å². The minimum absolute atomic E-state index is 0.0670. The lowest BCUT2D eigenvalue weighted by Gasteiger charge is -2.37. The molecule has 2 aromatic rings. The molecular weight excluding hydrogens is 368 g/mol. The summed E-state index contributed by atoms with van der Waals surface area (Å²) in [6, 6.07) is 14.3. The Kier molecular flexibility index (Phi) is 5.81. The summed E-state index contributed by atoms with van der Waals surface area (Å²) in [6.45, 7) is 4.14. The van der Waals surface area contributed by atoms with E-state index in [9.17, 15) is 9.59 Å². The molecule has 1 aromatic carbocycles. The van der Waals surface area contributed by atoms with Gasteiger partial charge < -0.3 is 9.80 Å². The van der Waals surface area contributed by atoms with Crippen LogP contribution in [0, 0.1) is 11.8 Å². The molecule has 0 unspecified atom stereocenters. The van der Waals surface area contributed by atoms with Gasteiger partial charge in [0.25, 0.3) is 5.91 Å². The predicted molar refractivity (Wildman–Crippen MR) is 112 cm³/mol. The van der Waals surface area contributed by atoms with E-state index in [1.807, 2.05) is 40.6 Å². The van der Waals surface area contributed by atoms with E-state index in [0.717, 1.165) is 24.3 Å². The van der Waals surface area contributed by atoms with Gasteiger partial charge in [-0.2, -0.15) is 0 Å². The Morgan fingerprint density at radius 1 is 1.14 bits per heavy atom. The van der Waals surface area contributed by atoms with Crippen molar-refractivity contribution in [2.45, 2.75) is 45.2 Å². The van der Waals surface area contributed by atoms with Crippen LogP contribution in [0.3, 0.4) is 0 Å². The van der Waals surface area contributed by atoms with E-state index in [-0.39, 0.29) is 23.8 Å². The van der Waals surface area contributed by atoms with Crippen LogP contribution in [0.5, 0.6) is 0 Å². The highest BCUT2D eigenvalue weighted by atomic mass is 32.1. The summed E-state index contributed by atoms with van der Waals surface area (Å²) in [7, 11) is 0. The maximum Gasteiger partial charge on any atom is 0.263 e. The molecule has 4 nitrogen and oxygen atoms in total. The van der Waals surface area contributed by atoms with E-state index in [2.05, 4.69) is 24.0 Å². The van der Waals surface area contributed by atoms with Gasteiger partial charge in [-0.1, -0.05) is 36.4 Å². The Morgan fingerprint density at radius 2 is 1.93 bits per heavy atom. The van der Waals surface area contributed by atoms with Gasteiger partial charge in [0.2, 0.25) is 5.91 Å². The monoisotopic (exact) mass is 396 g/mol. The van der Waals surface area contributed by atoms with Crippen molar-refractivity contribution < 1.29 is 9.59 Å². The molecule has 2 amide bonds. The van der Waals surface area contributed by atoms with Crippen LogP contribution in [0.25, 0.3) is 0 Å². The largest absolute Gasteiger partial charge is 0.337 e. The molecule has 5 heteroatoms. The molecule has 2 atom stereocenters. The van der Waals surface area contributed by atoms with Gasteiger partial charge in [0.15, 0.2) is 0 Å². The van der Waals surface area contributed by atoms with Gasteiger partial charge in [-0.25, -0.2) is 0 Å².